The fourth-order valence-electron chi connectivity index (χ4n) is 1.00. The Morgan fingerprint density at radius 1 is 1.42 bits per heavy atom. The summed E-state index contributed by atoms with van der Waals surface area (Å²) in [7, 11) is -7.97. The van der Waals surface area contributed by atoms with E-state index in [1.807, 2.05) is 0 Å². The average Bonchev–Trinajstić information content (AvgIpc) is 2.05. The molecule has 1 rings (SSSR count). The minimum Gasteiger partial charge on any atom is -0.726 e. The highest BCUT2D eigenvalue weighted by Gasteiger charge is 2.29. The fraction of sp³-hybridized carbons (Fsp3) is 1.00. The third kappa shape index (κ3) is 3.05. The molecule has 0 bridgehead atoms. The highest BCUT2D eigenvalue weighted by atomic mass is 32.3. The predicted octanol–water partition coefficient (Wildman–Crippen LogP) is -1.35. The molecule has 0 spiro atoms. The Morgan fingerprint density at radius 3 is 2.33 bits per heavy atom. The van der Waals surface area contributed by atoms with E-state index in [0.717, 1.165) is 0 Å². The van der Waals surface area contributed by atoms with E-state index in [2.05, 4.69) is 4.18 Å². The van der Waals surface area contributed by atoms with E-state index in [9.17, 15) is 21.4 Å². The zero-order valence-electron chi connectivity index (χ0n) is 5.96. The smallest absolute Gasteiger partial charge is 0.217 e. The van der Waals surface area contributed by atoms with Crippen LogP contribution in [-0.4, -0.2) is 39.0 Å². The zero-order chi connectivity index (χ0) is 9.41. The summed E-state index contributed by atoms with van der Waals surface area (Å²) in [6.45, 7) is 0. The summed E-state index contributed by atoms with van der Waals surface area (Å²) in [5.74, 6) is -0.498. The van der Waals surface area contributed by atoms with Crippen LogP contribution in [0.4, 0.5) is 0 Å². The van der Waals surface area contributed by atoms with Crippen LogP contribution in [0.15, 0.2) is 0 Å². The first-order valence-electron chi connectivity index (χ1n) is 3.13. The van der Waals surface area contributed by atoms with E-state index in [1.165, 1.54) is 0 Å². The molecule has 12 heavy (non-hydrogen) atoms. The van der Waals surface area contributed by atoms with Crippen LogP contribution in [0.3, 0.4) is 0 Å². The lowest BCUT2D eigenvalue weighted by Gasteiger charge is -2.11. The Hall–Kier alpha value is -0.180. The second-order valence-corrected chi connectivity index (χ2v) is 5.77. The lowest BCUT2D eigenvalue weighted by atomic mass is 10.3. The van der Waals surface area contributed by atoms with Gasteiger partial charge in [-0.1, -0.05) is 0 Å². The maximum absolute atomic E-state index is 10.7. The van der Waals surface area contributed by atoms with Crippen LogP contribution >= 0.6 is 0 Å². The highest BCUT2D eigenvalue weighted by Crippen LogP contribution is 2.15. The molecule has 1 aliphatic heterocycles. The molecule has 0 saturated carbocycles. The van der Waals surface area contributed by atoms with Crippen molar-refractivity contribution in [2.45, 2.75) is 12.5 Å². The van der Waals surface area contributed by atoms with Gasteiger partial charge in [-0.05, 0) is 6.42 Å². The molecular formula is C4H7O6S2-. The van der Waals surface area contributed by atoms with Gasteiger partial charge in [0.1, 0.15) is 0 Å². The van der Waals surface area contributed by atoms with Gasteiger partial charge in [-0.25, -0.2) is 16.8 Å². The third-order valence-corrected chi connectivity index (χ3v) is 3.69. The Labute approximate surface area is 70.4 Å². The van der Waals surface area contributed by atoms with Gasteiger partial charge in [-0.15, -0.1) is 0 Å². The quantitative estimate of drug-likeness (QED) is 0.417. The van der Waals surface area contributed by atoms with Crippen molar-refractivity contribution in [1.29, 1.82) is 0 Å². The van der Waals surface area contributed by atoms with Gasteiger partial charge in [0, 0.05) is 0 Å². The number of hydrogen-bond donors (Lipinski definition) is 0. The van der Waals surface area contributed by atoms with Crippen LogP contribution < -0.4 is 0 Å². The number of rotatable bonds is 2. The minimum atomic E-state index is -4.77. The van der Waals surface area contributed by atoms with Crippen molar-refractivity contribution >= 4 is 20.2 Å². The predicted molar refractivity (Wildman–Crippen MR) is 37.8 cm³/mol. The largest absolute Gasteiger partial charge is 0.726 e. The standard InChI is InChI=1S/C4H8O6S2/c5-11(6)2-1-4(3-11)10-12(7,8)9/h4H,1-3H2,(H,7,8,9)/p-1/t4-/m0/s1. The van der Waals surface area contributed by atoms with Crippen LogP contribution in [0, 0.1) is 0 Å². The van der Waals surface area contributed by atoms with Crippen LogP contribution in [-0.2, 0) is 24.4 Å². The van der Waals surface area contributed by atoms with Gasteiger partial charge in [0.15, 0.2) is 9.84 Å². The molecule has 0 aromatic rings. The molecule has 1 saturated heterocycles. The lowest BCUT2D eigenvalue weighted by Crippen LogP contribution is -2.18. The van der Waals surface area contributed by atoms with E-state index in [4.69, 9.17) is 0 Å². The van der Waals surface area contributed by atoms with Crippen molar-refractivity contribution in [1.82, 2.24) is 0 Å². The molecule has 1 aliphatic rings. The molecule has 0 amide bonds. The van der Waals surface area contributed by atoms with Crippen LogP contribution in [0.2, 0.25) is 0 Å². The Bertz CT molecular complexity index is 351. The van der Waals surface area contributed by atoms with E-state index in [0.29, 0.717) is 0 Å². The van der Waals surface area contributed by atoms with E-state index < -0.39 is 26.3 Å². The molecule has 72 valence electrons. The lowest BCUT2D eigenvalue weighted by molar-refractivity contribution is 0.199. The normalized spacial score (nSPS) is 28.9. The molecule has 1 fully saturated rings. The fourth-order valence-corrected chi connectivity index (χ4v) is 3.18. The Balaban J connectivity index is 2.61. The van der Waals surface area contributed by atoms with Gasteiger partial charge < -0.3 is 4.55 Å². The van der Waals surface area contributed by atoms with Crippen LogP contribution in [0.25, 0.3) is 0 Å². The minimum absolute atomic E-state index is 0.0732. The van der Waals surface area contributed by atoms with E-state index in [1.54, 1.807) is 0 Å². The van der Waals surface area contributed by atoms with Gasteiger partial charge in [-0.2, -0.15) is 0 Å². The molecule has 0 aliphatic carbocycles. The molecule has 6 nitrogen and oxygen atoms in total. The highest BCUT2D eigenvalue weighted by molar-refractivity contribution is 7.91. The Morgan fingerprint density at radius 2 is 2.00 bits per heavy atom. The topological polar surface area (TPSA) is 101 Å². The van der Waals surface area contributed by atoms with Crippen LogP contribution in [0.1, 0.15) is 6.42 Å². The molecule has 1 atom stereocenters. The maximum Gasteiger partial charge on any atom is 0.217 e. The second-order valence-electron chi connectivity index (χ2n) is 2.53. The van der Waals surface area contributed by atoms with Crippen molar-refractivity contribution < 1.29 is 25.6 Å². The maximum atomic E-state index is 10.7. The first kappa shape index (κ1) is 9.90. The summed E-state index contributed by atoms with van der Waals surface area (Å²) in [5, 5.41) is 0. The zero-order valence-corrected chi connectivity index (χ0v) is 7.60. The van der Waals surface area contributed by atoms with Crippen molar-refractivity contribution in [2.24, 2.45) is 0 Å². The van der Waals surface area contributed by atoms with Crippen molar-refractivity contribution in [3.8, 4) is 0 Å². The van der Waals surface area contributed by atoms with Gasteiger partial charge in [0.2, 0.25) is 10.4 Å². The summed E-state index contributed by atoms with van der Waals surface area (Å²) in [6.07, 6.45) is -0.915. The summed E-state index contributed by atoms with van der Waals surface area (Å²) in [4.78, 5) is 0. The second kappa shape index (κ2) is 2.95. The molecule has 0 N–H and O–H groups in total. The molecule has 0 unspecified atom stereocenters. The molecule has 0 radical (unpaired) electrons. The summed E-state index contributed by atoms with van der Waals surface area (Å²) < 4.78 is 55.5. The van der Waals surface area contributed by atoms with E-state index in [-0.39, 0.29) is 17.9 Å². The first-order valence-corrected chi connectivity index (χ1v) is 6.28. The molecule has 0 aromatic carbocycles. The van der Waals surface area contributed by atoms with Crippen molar-refractivity contribution in [3.63, 3.8) is 0 Å². The van der Waals surface area contributed by atoms with Gasteiger partial charge in [0.25, 0.3) is 0 Å². The SMILES string of the molecule is O=S1(=O)CC[C@H](OS(=O)(=O)[O-])C1. The third-order valence-electron chi connectivity index (χ3n) is 1.44. The van der Waals surface area contributed by atoms with Gasteiger partial charge in [-0.3, -0.25) is 4.18 Å². The van der Waals surface area contributed by atoms with E-state index >= 15 is 0 Å². The molecule has 1 heterocycles. The Kier molecular flexibility index (Phi) is 2.43. The van der Waals surface area contributed by atoms with Crippen LogP contribution in [0.5, 0.6) is 0 Å². The van der Waals surface area contributed by atoms with Crippen molar-refractivity contribution in [2.75, 3.05) is 11.5 Å². The summed E-state index contributed by atoms with van der Waals surface area (Å²) in [6, 6.07) is 0. The first-order chi connectivity index (χ1) is 5.29. The number of hydrogen-bond acceptors (Lipinski definition) is 6. The van der Waals surface area contributed by atoms with Crippen molar-refractivity contribution in [3.05, 3.63) is 0 Å². The number of sulfone groups is 1. The van der Waals surface area contributed by atoms with Gasteiger partial charge in [0.05, 0.1) is 17.6 Å². The summed E-state index contributed by atoms with van der Waals surface area (Å²) in [5.41, 5.74) is 0. The summed E-state index contributed by atoms with van der Waals surface area (Å²) >= 11 is 0. The molecular weight excluding hydrogens is 208 g/mol. The molecule has 8 heteroatoms. The average molecular weight is 215 g/mol. The monoisotopic (exact) mass is 215 g/mol. The van der Waals surface area contributed by atoms with Gasteiger partial charge >= 0.3 is 0 Å². The molecule has 0 aromatic heterocycles.